The third kappa shape index (κ3) is 5.13. The predicted molar refractivity (Wildman–Crippen MR) is 80.4 cm³/mol. The van der Waals surface area contributed by atoms with Crippen molar-refractivity contribution in [3.8, 4) is 0 Å². The summed E-state index contributed by atoms with van der Waals surface area (Å²) in [6, 6.07) is 4.31. The van der Waals surface area contributed by atoms with Gasteiger partial charge in [-0.05, 0) is 37.0 Å². The van der Waals surface area contributed by atoms with Crippen LogP contribution in [0.2, 0.25) is 0 Å². The molecule has 5 nitrogen and oxygen atoms in total. The third-order valence-corrected chi connectivity index (χ3v) is 5.17. The lowest BCUT2D eigenvalue weighted by Gasteiger charge is -2.08. The molecule has 0 saturated carbocycles. The van der Waals surface area contributed by atoms with Gasteiger partial charge in [-0.25, -0.2) is 13.2 Å². The average Bonchev–Trinajstić information content (AvgIpc) is 2.46. The number of carboxylic acid groups (broad SMARTS) is 1. The van der Waals surface area contributed by atoms with E-state index in [0.29, 0.717) is 24.8 Å². The number of aliphatic hydroxyl groups is 1. The number of aliphatic hydroxyl groups excluding tert-OH is 1. The van der Waals surface area contributed by atoms with Gasteiger partial charge in [-0.15, -0.1) is 0 Å². The lowest BCUT2D eigenvalue weighted by Crippen LogP contribution is -2.10. The Morgan fingerprint density at radius 1 is 1.14 bits per heavy atom. The van der Waals surface area contributed by atoms with Crippen molar-refractivity contribution in [1.29, 1.82) is 0 Å². The first-order valence-electron chi connectivity index (χ1n) is 7.12. The zero-order chi connectivity index (χ0) is 15.9. The van der Waals surface area contributed by atoms with Crippen molar-refractivity contribution >= 4 is 15.8 Å². The van der Waals surface area contributed by atoms with Gasteiger partial charge in [0.2, 0.25) is 0 Å². The highest BCUT2D eigenvalue weighted by molar-refractivity contribution is 7.91. The maximum absolute atomic E-state index is 12.2. The van der Waals surface area contributed by atoms with E-state index < -0.39 is 15.8 Å². The van der Waals surface area contributed by atoms with Crippen LogP contribution in [0.3, 0.4) is 0 Å². The van der Waals surface area contributed by atoms with Gasteiger partial charge in [-0.2, -0.15) is 0 Å². The molecule has 0 atom stereocenters. The molecular formula is C15H22O5S. The summed E-state index contributed by atoms with van der Waals surface area (Å²) in [5, 5.41) is 17.8. The van der Waals surface area contributed by atoms with Gasteiger partial charge >= 0.3 is 5.97 Å². The molecular weight excluding hydrogens is 292 g/mol. The number of unbranched alkanes of at least 4 members (excludes halogenated alkanes) is 3. The largest absolute Gasteiger partial charge is 0.478 e. The third-order valence-electron chi connectivity index (χ3n) is 3.37. The summed E-state index contributed by atoms with van der Waals surface area (Å²) in [7, 11) is -3.45. The number of hydrogen-bond donors (Lipinski definition) is 2. The quantitative estimate of drug-likeness (QED) is 0.682. The van der Waals surface area contributed by atoms with Crippen LogP contribution >= 0.6 is 0 Å². The van der Waals surface area contributed by atoms with Crippen LogP contribution in [0, 0.1) is 0 Å². The summed E-state index contributed by atoms with van der Waals surface area (Å²) in [6.45, 7) is 1.95. The van der Waals surface area contributed by atoms with E-state index in [1.165, 1.54) is 12.1 Å². The van der Waals surface area contributed by atoms with Crippen LogP contribution in [-0.4, -0.2) is 37.0 Å². The maximum Gasteiger partial charge on any atom is 0.336 e. The van der Waals surface area contributed by atoms with Crippen LogP contribution in [-0.2, 0) is 16.3 Å². The number of hydrogen-bond acceptors (Lipinski definition) is 4. The maximum atomic E-state index is 12.2. The number of aryl methyl sites for hydroxylation is 1. The minimum Gasteiger partial charge on any atom is -0.478 e. The van der Waals surface area contributed by atoms with Gasteiger partial charge in [0.1, 0.15) is 0 Å². The van der Waals surface area contributed by atoms with Gasteiger partial charge in [0, 0.05) is 6.61 Å². The molecule has 2 N–H and O–H groups in total. The smallest absolute Gasteiger partial charge is 0.336 e. The average molecular weight is 314 g/mol. The van der Waals surface area contributed by atoms with E-state index in [9.17, 15) is 13.2 Å². The van der Waals surface area contributed by atoms with Gasteiger partial charge in [0.05, 0.1) is 16.2 Å². The molecule has 0 fully saturated rings. The van der Waals surface area contributed by atoms with Crippen molar-refractivity contribution in [3.05, 3.63) is 29.3 Å². The monoisotopic (exact) mass is 314 g/mol. The summed E-state index contributed by atoms with van der Waals surface area (Å²) in [5.41, 5.74) is 0.684. The van der Waals surface area contributed by atoms with Crippen LogP contribution in [0.15, 0.2) is 23.1 Å². The highest BCUT2D eigenvalue weighted by Gasteiger charge is 2.18. The van der Waals surface area contributed by atoms with Gasteiger partial charge in [0.15, 0.2) is 9.84 Å². The Labute approximate surface area is 125 Å². The Hall–Kier alpha value is -1.40. The summed E-state index contributed by atoms with van der Waals surface area (Å²) < 4.78 is 24.4. The highest BCUT2D eigenvalue weighted by atomic mass is 32.2. The second kappa shape index (κ2) is 8.14. The van der Waals surface area contributed by atoms with Crippen molar-refractivity contribution in [2.45, 2.75) is 43.9 Å². The molecule has 0 aliphatic heterocycles. The molecule has 21 heavy (non-hydrogen) atoms. The number of benzene rings is 1. The number of carboxylic acids is 1. The van der Waals surface area contributed by atoms with Crippen molar-refractivity contribution in [3.63, 3.8) is 0 Å². The number of rotatable bonds is 9. The summed E-state index contributed by atoms with van der Waals surface area (Å²) in [6.07, 6.45) is 3.26. The fraction of sp³-hybridized carbons (Fsp3) is 0.533. The van der Waals surface area contributed by atoms with E-state index in [2.05, 4.69) is 0 Å². The molecule has 1 aromatic rings. The molecule has 0 bridgehead atoms. The Bertz CT molecular complexity index is 578. The van der Waals surface area contributed by atoms with Crippen molar-refractivity contribution in [2.24, 2.45) is 0 Å². The van der Waals surface area contributed by atoms with Crippen molar-refractivity contribution < 1.29 is 23.4 Å². The molecule has 0 saturated heterocycles. The van der Waals surface area contributed by atoms with Gasteiger partial charge < -0.3 is 10.2 Å². The van der Waals surface area contributed by atoms with Crippen LogP contribution in [0.25, 0.3) is 0 Å². The predicted octanol–water partition coefficient (Wildman–Crippen LogP) is 2.27. The molecule has 1 rings (SSSR count). The van der Waals surface area contributed by atoms with Crippen molar-refractivity contribution in [1.82, 2.24) is 0 Å². The lowest BCUT2D eigenvalue weighted by molar-refractivity contribution is 0.0695. The van der Waals surface area contributed by atoms with E-state index in [-0.39, 0.29) is 22.8 Å². The van der Waals surface area contributed by atoms with E-state index in [4.69, 9.17) is 10.2 Å². The molecule has 118 valence electrons. The molecule has 0 heterocycles. The number of aromatic carboxylic acids is 1. The van der Waals surface area contributed by atoms with E-state index in [1.807, 2.05) is 6.92 Å². The van der Waals surface area contributed by atoms with Crippen LogP contribution in [0.1, 0.15) is 48.5 Å². The molecule has 0 radical (unpaired) electrons. The molecule has 0 aliphatic rings. The van der Waals surface area contributed by atoms with E-state index >= 15 is 0 Å². The van der Waals surface area contributed by atoms with Gasteiger partial charge in [-0.3, -0.25) is 0 Å². The minimum absolute atomic E-state index is 0.00294. The highest BCUT2D eigenvalue weighted by Crippen LogP contribution is 2.19. The summed E-state index contributed by atoms with van der Waals surface area (Å²) in [4.78, 5) is 11.2. The molecule has 6 heteroatoms. The standard InChI is InChI=1S/C15H22O5S/c1-2-12-7-8-13(11-14(12)15(17)18)21(19,20)10-6-4-3-5-9-16/h7-8,11,16H,2-6,9-10H2,1H3,(H,17,18). The summed E-state index contributed by atoms with van der Waals surface area (Å²) >= 11 is 0. The molecule has 0 aromatic heterocycles. The first-order chi connectivity index (χ1) is 9.92. The second-order valence-corrected chi connectivity index (χ2v) is 7.04. The first-order valence-corrected chi connectivity index (χ1v) is 8.77. The lowest BCUT2D eigenvalue weighted by atomic mass is 10.1. The molecule has 0 amide bonds. The Balaban J connectivity index is 2.83. The van der Waals surface area contributed by atoms with Crippen LogP contribution < -0.4 is 0 Å². The SMILES string of the molecule is CCc1ccc(S(=O)(=O)CCCCCCO)cc1C(=O)O. The normalized spacial score (nSPS) is 11.5. The Kier molecular flexibility index (Phi) is 6.84. The fourth-order valence-electron chi connectivity index (χ4n) is 2.13. The summed E-state index contributed by atoms with van der Waals surface area (Å²) in [5.74, 6) is -1.10. The number of carbonyl (C=O) groups is 1. The zero-order valence-corrected chi connectivity index (χ0v) is 13.0. The Morgan fingerprint density at radius 3 is 2.38 bits per heavy atom. The van der Waals surface area contributed by atoms with Crippen molar-refractivity contribution in [2.75, 3.05) is 12.4 Å². The first kappa shape index (κ1) is 17.7. The van der Waals surface area contributed by atoms with E-state index in [1.54, 1.807) is 6.07 Å². The van der Waals surface area contributed by atoms with Gasteiger partial charge in [-0.1, -0.05) is 25.8 Å². The molecule has 0 aliphatic carbocycles. The second-order valence-electron chi connectivity index (χ2n) is 4.93. The van der Waals surface area contributed by atoms with Crippen LogP contribution in [0.4, 0.5) is 0 Å². The topological polar surface area (TPSA) is 91.7 Å². The molecule has 0 spiro atoms. The van der Waals surface area contributed by atoms with Crippen LogP contribution in [0.5, 0.6) is 0 Å². The number of sulfone groups is 1. The fourth-order valence-corrected chi connectivity index (χ4v) is 3.52. The zero-order valence-electron chi connectivity index (χ0n) is 12.2. The van der Waals surface area contributed by atoms with E-state index in [0.717, 1.165) is 12.8 Å². The molecule has 1 aromatic carbocycles. The minimum atomic E-state index is -3.45. The molecule has 0 unspecified atom stereocenters. The van der Waals surface area contributed by atoms with Gasteiger partial charge in [0.25, 0.3) is 0 Å². The Morgan fingerprint density at radius 2 is 1.81 bits per heavy atom.